The van der Waals surface area contributed by atoms with E-state index in [9.17, 15) is 9.90 Å². The number of β-amino-alcohol motifs (C(OH)–C–C–N with tert-alkyl or cyclic N) is 1. The van der Waals surface area contributed by atoms with E-state index in [1.54, 1.807) is 4.90 Å². The number of thiazole rings is 1. The molecule has 8 nitrogen and oxygen atoms in total. The second-order valence-corrected chi connectivity index (χ2v) is 7.63. The minimum absolute atomic E-state index is 0.219. The third kappa shape index (κ3) is 4.68. The number of morpholine rings is 1. The average molecular weight is 370 g/mol. The lowest BCUT2D eigenvalue weighted by Crippen LogP contribution is -2.44. The third-order valence-corrected chi connectivity index (χ3v) is 5.28. The molecule has 0 aromatic carbocycles. The maximum atomic E-state index is 12.3. The number of aliphatic hydroxyl groups excluding tert-OH is 1. The Morgan fingerprint density at radius 2 is 2.12 bits per heavy atom. The summed E-state index contributed by atoms with van der Waals surface area (Å²) in [6.07, 6.45) is -0.537. The lowest BCUT2D eigenvalue weighted by molar-refractivity contribution is -0.0707. The fraction of sp³-hybridized carbons (Fsp3) is 0.750. The zero-order chi connectivity index (χ0) is 18.0. The quantitative estimate of drug-likeness (QED) is 0.821. The third-order valence-electron chi connectivity index (χ3n) is 4.47. The number of carbonyl (C=O) groups is 1. The number of methoxy groups -OCH3 is 1. The first-order chi connectivity index (χ1) is 11.9. The highest BCUT2D eigenvalue weighted by molar-refractivity contribution is 7.13. The Kier molecular flexibility index (Phi) is 5.90. The number of rotatable bonds is 4. The molecule has 2 amide bonds. The van der Waals surface area contributed by atoms with Crippen LogP contribution in [0.25, 0.3) is 0 Å². The fourth-order valence-corrected chi connectivity index (χ4v) is 4.10. The van der Waals surface area contributed by atoms with Gasteiger partial charge >= 0.3 is 6.03 Å². The van der Waals surface area contributed by atoms with E-state index in [1.807, 2.05) is 5.38 Å². The van der Waals surface area contributed by atoms with Gasteiger partial charge in [0.25, 0.3) is 0 Å². The molecule has 0 saturated carbocycles. The largest absolute Gasteiger partial charge is 0.388 e. The number of nitrogens with zero attached hydrogens (tertiary/aromatic N) is 3. The monoisotopic (exact) mass is 370 g/mol. The summed E-state index contributed by atoms with van der Waals surface area (Å²) < 4.78 is 10.9. The van der Waals surface area contributed by atoms with Crippen LogP contribution in [0.2, 0.25) is 0 Å². The van der Waals surface area contributed by atoms with Gasteiger partial charge in [-0.2, -0.15) is 0 Å². The molecule has 3 rings (SSSR count). The maximum absolute atomic E-state index is 12.3. The second kappa shape index (κ2) is 7.96. The molecular formula is C16H26N4O4S. The van der Waals surface area contributed by atoms with Gasteiger partial charge < -0.3 is 19.5 Å². The number of aromatic nitrogens is 1. The molecule has 9 heteroatoms. The van der Waals surface area contributed by atoms with Crippen LogP contribution in [0.4, 0.5) is 9.93 Å². The van der Waals surface area contributed by atoms with Crippen LogP contribution in [0.3, 0.4) is 0 Å². The van der Waals surface area contributed by atoms with Gasteiger partial charge in [0.1, 0.15) is 6.10 Å². The van der Waals surface area contributed by atoms with Crippen molar-refractivity contribution < 1.29 is 19.4 Å². The zero-order valence-corrected chi connectivity index (χ0v) is 15.7. The van der Waals surface area contributed by atoms with Crippen molar-refractivity contribution in [3.8, 4) is 0 Å². The fourth-order valence-electron chi connectivity index (χ4n) is 3.40. The standard InChI is InChI=1S/C16H26N4O4S/c1-10-4-19(5-11(2)24-10)6-12-9-25-15(17-12)18-16(22)20-7-13(21)14(8-20)23-3/h9-11,13-14,21H,4-8H2,1-3H3,(H,17,18,22)/t10?,11?,13-,14-/m1/s1. The predicted octanol–water partition coefficient (Wildman–Crippen LogP) is 0.976. The van der Waals surface area contributed by atoms with E-state index >= 15 is 0 Å². The number of hydrogen-bond acceptors (Lipinski definition) is 7. The molecule has 2 fully saturated rings. The van der Waals surface area contributed by atoms with Crippen LogP contribution in [0, 0.1) is 0 Å². The summed E-state index contributed by atoms with van der Waals surface area (Å²) in [7, 11) is 1.54. The molecule has 2 unspecified atom stereocenters. The van der Waals surface area contributed by atoms with Gasteiger partial charge in [0, 0.05) is 32.1 Å². The van der Waals surface area contributed by atoms with E-state index < -0.39 is 6.10 Å². The van der Waals surface area contributed by atoms with Gasteiger partial charge in [0.2, 0.25) is 0 Å². The Bertz CT molecular complexity index is 588. The van der Waals surface area contributed by atoms with E-state index in [2.05, 4.69) is 29.0 Å². The van der Waals surface area contributed by atoms with Gasteiger partial charge in [0.05, 0.1) is 37.1 Å². The minimum Gasteiger partial charge on any atom is -0.388 e. The van der Waals surface area contributed by atoms with Crippen molar-refractivity contribution >= 4 is 22.5 Å². The first-order valence-electron chi connectivity index (χ1n) is 8.53. The molecule has 0 bridgehead atoms. The summed E-state index contributed by atoms with van der Waals surface area (Å²) in [5.41, 5.74) is 0.942. The van der Waals surface area contributed by atoms with Crippen molar-refractivity contribution in [1.29, 1.82) is 0 Å². The molecule has 2 aliphatic rings. The molecule has 25 heavy (non-hydrogen) atoms. The van der Waals surface area contributed by atoms with E-state index in [-0.39, 0.29) is 30.9 Å². The number of anilines is 1. The molecule has 0 radical (unpaired) electrons. The van der Waals surface area contributed by atoms with Gasteiger partial charge in [-0.25, -0.2) is 9.78 Å². The molecule has 2 N–H and O–H groups in total. The van der Waals surface area contributed by atoms with Crippen LogP contribution in [0.1, 0.15) is 19.5 Å². The molecule has 4 atom stereocenters. The average Bonchev–Trinajstić information content (AvgIpc) is 3.12. The molecule has 3 heterocycles. The Morgan fingerprint density at radius 3 is 2.76 bits per heavy atom. The minimum atomic E-state index is -0.645. The number of ether oxygens (including phenoxy) is 2. The van der Waals surface area contributed by atoms with Crippen molar-refractivity contribution in [3.05, 3.63) is 11.1 Å². The van der Waals surface area contributed by atoms with Gasteiger partial charge in [-0.15, -0.1) is 11.3 Å². The molecule has 1 aromatic rings. The summed E-state index contributed by atoms with van der Waals surface area (Å²) in [4.78, 5) is 20.7. The number of hydrogen-bond donors (Lipinski definition) is 2. The zero-order valence-electron chi connectivity index (χ0n) is 14.8. The first-order valence-corrected chi connectivity index (χ1v) is 9.41. The molecule has 2 aliphatic heterocycles. The SMILES string of the molecule is CO[C@@H]1CN(C(=O)Nc2nc(CN3CC(C)OC(C)C3)cs2)C[C@H]1O. The molecule has 140 valence electrons. The summed E-state index contributed by atoms with van der Waals surface area (Å²) in [6, 6.07) is -0.256. The molecule has 0 spiro atoms. The van der Waals surface area contributed by atoms with E-state index in [0.29, 0.717) is 11.7 Å². The predicted molar refractivity (Wildman–Crippen MR) is 94.8 cm³/mol. The summed E-state index contributed by atoms with van der Waals surface area (Å²) >= 11 is 1.41. The van der Waals surface area contributed by atoms with E-state index in [0.717, 1.165) is 25.3 Å². The van der Waals surface area contributed by atoms with Crippen molar-refractivity contribution in [2.75, 3.05) is 38.6 Å². The first kappa shape index (κ1) is 18.5. The highest BCUT2D eigenvalue weighted by atomic mass is 32.1. The van der Waals surface area contributed by atoms with Crippen molar-refractivity contribution in [1.82, 2.24) is 14.8 Å². The topological polar surface area (TPSA) is 87.2 Å². The van der Waals surface area contributed by atoms with Crippen LogP contribution >= 0.6 is 11.3 Å². The summed E-state index contributed by atoms with van der Waals surface area (Å²) in [5, 5.41) is 15.2. The molecule has 2 saturated heterocycles. The number of amides is 2. The Labute approximate surface area is 151 Å². The van der Waals surface area contributed by atoms with Crippen molar-refractivity contribution in [3.63, 3.8) is 0 Å². The lowest BCUT2D eigenvalue weighted by Gasteiger charge is -2.34. The van der Waals surface area contributed by atoms with Crippen LogP contribution in [-0.2, 0) is 16.0 Å². The van der Waals surface area contributed by atoms with Gasteiger partial charge in [-0.05, 0) is 13.8 Å². The van der Waals surface area contributed by atoms with Crippen molar-refractivity contribution in [2.24, 2.45) is 0 Å². The van der Waals surface area contributed by atoms with Crippen LogP contribution in [0.15, 0.2) is 5.38 Å². The van der Waals surface area contributed by atoms with Crippen LogP contribution in [-0.4, -0.2) is 83.6 Å². The highest BCUT2D eigenvalue weighted by Gasteiger charge is 2.34. The smallest absolute Gasteiger partial charge is 0.323 e. The number of urea groups is 1. The van der Waals surface area contributed by atoms with Gasteiger partial charge in [-0.3, -0.25) is 10.2 Å². The Hall–Kier alpha value is -1.26. The van der Waals surface area contributed by atoms with Crippen LogP contribution in [0.5, 0.6) is 0 Å². The number of aliphatic hydroxyl groups is 1. The molecule has 1 aromatic heterocycles. The lowest BCUT2D eigenvalue weighted by atomic mass is 10.2. The number of carbonyl (C=O) groups excluding carboxylic acids is 1. The van der Waals surface area contributed by atoms with E-state index in [4.69, 9.17) is 9.47 Å². The normalized spacial score (nSPS) is 30.6. The summed E-state index contributed by atoms with van der Waals surface area (Å²) in [5.74, 6) is 0. The molecule has 0 aliphatic carbocycles. The Morgan fingerprint density at radius 1 is 1.40 bits per heavy atom. The van der Waals surface area contributed by atoms with Gasteiger partial charge in [0.15, 0.2) is 5.13 Å². The van der Waals surface area contributed by atoms with Crippen molar-refractivity contribution in [2.45, 2.75) is 44.8 Å². The van der Waals surface area contributed by atoms with E-state index in [1.165, 1.54) is 18.4 Å². The highest BCUT2D eigenvalue weighted by Crippen LogP contribution is 2.21. The second-order valence-electron chi connectivity index (χ2n) is 6.77. The number of nitrogens with one attached hydrogen (secondary N) is 1. The summed E-state index contributed by atoms with van der Waals surface area (Å²) in [6.45, 7) is 7.32. The van der Waals surface area contributed by atoms with Crippen LogP contribution < -0.4 is 5.32 Å². The number of likely N-dealkylation sites (tertiary alicyclic amines) is 1. The maximum Gasteiger partial charge on any atom is 0.323 e. The Balaban J connectivity index is 1.52. The molecular weight excluding hydrogens is 344 g/mol. The van der Waals surface area contributed by atoms with Gasteiger partial charge in [-0.1, -0.05) is 0 Å².